The van der Waals surface area contributed by atoms with Crippen molar-refractivity contribution in [2.75, 3.05) is 5.32 Å². The molecule has 0 bridgehead atoms. The Morgan fingerprint density at radius 1 is 1.25 bits per heavy atom. The molecule has 0 unspecified atom stereocenters. The van der Waals surface area contributed by atoms with Crippen LogP contribution >= 0.6 is 11.6 Å². The second-order valence-electron chi connectivity index (χ2n) is 5.49. The molecule has 1 aromatic carbocycles. The monoisotopic (exact) mass is 344 g/mol. The molecule has 0 fully saturated rings. The van der Waals surface area contributed by atoms with Gasteiger partial charge in [0, 0.05) is 10.7 Å². The molecule has 2 aromatic heterocycles. The number of nitrogens with zero attached hydrogens (tertiary/aromatic N) is 5. The third-order valence-electron chi connectivity index (χ3n) is 3.47. The van der Waals surface area contributed by atoms with Crippen molar-refractivity contribution in [2.24, 2.45) is 0 Å². The highest BCUT2D eigenvalue weighted by molar-refractivity contribution is 6.31. The van der Waals surface area contributed by atoms with E-state index >= 15 is 0 Å². The van der Waals surface area contributed by atoms with Crippen LogP contribution in [0.1, 0.15) is 17.0 Å². The topological polar surface area (TPSA) is 77.6 Å². The maximum Gasteiger partial charge on any atom is 0.248 e. The zero-order valence-corrected chi connectivity index (χ0v) is 14.2. The fourth-order valence-corrected chi connectivity index (χ4v) is 2.56. The number of aromatic nitrogens is 5. The summed E-state index contributed by atoms with van der Waals surface area (Å²) in [6, 6.07) is 9.45. The second kappa shape index (κ2) is 6.84. The Morgan fingerprint density at radius 3 is 2.75 bits per heavy atom. The van der Waals surface area contributed by atoms with E-state index in [0.29, 0.717) is 11.6 Å². The van der Waals surface area contributed by atoms with Crippen LogP contribution in [0.25, 0.3) is 0 Å². The minimum absolute atomic E-state index is 0.124. The van der Waals surface area contributed by atoms with Crippen LogP contribution < -0.4 is 5.32 Å². The summed E-state index contributed by atoms with van der Waals surface area (Å²) >= 11 is 6.13. The van der Waals surface area contributed by atoms with Crippen LogP contribution in [-0.2, 0) is 17.9 Å². The smallest absolute Gasteiger partial charge is 0.248 e. The second-order valence-corrected chi connectivity index (χ2v) is 5.90. The van der Waals surface area contributed by atoms with Gasteiger partial charge in [0.25, 0.3) is 0 Å². The van der Waals surface area contributed by atoms with Gasteiger partial charge in [0.1, 0.15) is 12.9 Å². The molecule has 0 aliphatic rings. The van der Waals surface area contributed by atoms with Crippen LogP contribution in [0.15, 0.2) is 36.7 Å². The van der Waals surface area contributed by atoms with Gasteiger partial charge >= 0.3 is 0 Å². The van der Waals surface area contributed by atoms with Gasteiger partial charge in [0.05, 0.1) is 12.2 Å². The van der Waals surface area contributed by atoms with Crippen molar-refractivity contribution < 1.29 is 4.79 Å². The number of amides is 1. The maximum atomic E-state index is 12.1. The quantitative estimate of drug-likeness (QED) is 0.771. The maximum absolute atomic E-state index is 12.1. The highest BCUT2D eigenvalue weighted by atomic mass is 35.5. The van der Waals surface area contributed by atoms with Crippen LogP contribution in [0.2, 0.25) is 5.02 Å². The van der Waals surface area contributed by atoms with Crippen LogP contribution in [0, 0.1) is 13.8 Å². The van der Waals surface area contributed by atoms with E-state index in [2.05, 4.69) is 20.5 Å². The first-order valence-electron chi connectivity index (χ1n) is 7.45. The molecule has 24 heavy (non-hydrogen) atoms. The summed E-state index contributed by atoms with van der Waals surface area (Å²) < 4.78 is 3.27. The molecule has 0 aliphatic heterocycles. The Hall–Kier alpha value is -2.67. The number of benzene rings is 1. The first-order valence-corrected chi connectivity index (χ1v) is 7.83. The van der Waals surface area contributed by atoms with E-state index in [9.17, 15) is 4.79 Å². The lowest BCUT2D eigenvalue weighted by molar-refractivity contribution is -0.117. The van der Waals surface area contributed by atoms with Gasteiger partial charge < -0.3 is 0 Å². The molecule has 124 valence electrons. The highest BCUT2D eigenvalue weighted by Gasteiger charge is 2.10. The molecule has 0 spiro atoms. The SMILES string of the molecule is Cc1cc(C)n(CC(=O)Nc2ncn(Cc3ccccc3Cl)n2)n1. The van der Waals surface area contributed by atoms with E-state index in [4.69, 9.17) is 11.6 Å². The molecule has 1 N–H and O–H groups in total. The summed E-state index contributed by atoms with van der Waals surface area (Å²) in [5.41, 5.74) is 2.74. The van der Waals surface area contributed by atoms with Crippen LogP contribution in [0.3, 0.4) is 0 Å². The average Bonchev–Trinajstić information content (AvgIpc) is 3.08. The number of anilines is 1. The Bertz CT molecular complexity index is 869. The van der Waals surface area contributed by atoms with Gasteiger partial charge in [-0.3, -0.25) is 14.8 Å². The van der Waals surface area contributed by atoms with Gasteiger partial charge in [0.2, 0.25) is 11.9 Å². The van der Waals surface area contributed by atoms with Gasteiger partial charge in [-0.05, 0) is 31.5 Å². The molecule has 0 radical (unpaired) electrons. The molecule has 1 amide bonds. The number of hydrogen-bond acceptors (Lipinski definition) is 4. The Kier molecular flexibility index (Phi) is 4.61. The molecular weight excluding hydrogens is 328 g/mol. The van der Waals surface area contributed by atoms with E-state index in [1.807, 2.05) is 44.2 Å². The van der Waals surface area contributed by atoms with Gasteiger partial charge in [-0.2, -0.15) is 5.10 Å². The highest BCUT2D eigenvalue weighted by Crippen LogP contribution is 2.16. The lowest BCUT2D eigenvalue weighted by atomic mass is 10.2. The van der Waals surface area contributed by atoms with Crippen LogP contribution in [0.5, 0.6) is 0 Å². The van der Waals surface area contributed by atoms with Crippen molar-refractivity contribution in [1.82, 2.24) is 24.5 Å². The van der Waals surface area contributed by atoms with Crippen LogP contribution in [-0.4, -0.2) is 30.5 Å². The molecule has 3 rings (SSSR count). The van der Waals surface area contributed by atoms with E-state index in [1.165, 1.54) is 0 Å². The normalized spacial score (nSPS) is 10.8. The number of aryl methyl sites for hydroxylation is 2. The van der Waals surface area contributed by atoms with Crippen molar-refractivity contribution in [2.45, 2.75) is 26.9 Å². The number of halogens is 1. The fourth-order valence-electron chi connectivity index (χ4n) is 2.36. The van der Waals surface area contributed by atoms with E-state index in [1.54, 1.807) is 15.7 Å². The minimum Gasteiger partial charge on any atom is -0.292 e. The molecule has 7 nitrogen and oxygen atoms in total. The average molecular weight is 345 g/mol. The Morgan fingerprint density at radius 2 is 2.04 bits per heavy atom. The molecular formula is C16H17ClN6O. The summed E-state index contributed by atoms with van der Waals surface area (Å²) in [4.78, 5) is 16.2. The Balaban J connectivity index is 1.62. The summed E-state index contributed by atoms with van der Waals surface area (Å²) in [5.74, 6) is 0.0327. The first-order chi connectivity index (χ1) is 11.5. The predicted molar refractivity (Wildman–Crippen MR) is 90.9 cm³/mol. The summed E-state index contributed by atoms with van der Waals surface area (Å²) in [6.45, 7) is 4.40. The van der Waals surface area contributed by atoms with E-state index in [-0.39, 0.29) is 18.4 Å². The third kappa shape index (κ3) is 3.80. The molecule has 3 aromatic rings. The zero-order valence-electron chi connectivity index (χ0n) is 13.4. The van der Waals surface area contributed by atoms with Crippen LogP contribution in [0.4, 0.5) is 5.95 Å². The zero-order chi connectivity index (χ0) is 17.1. The first kappa shape index (κ1) is 16.2. The molecule has 2 heterocycles. The van der Waals surface area contributed by atoms with Crippen molar-refractivity contribution in [3.8, 4) is 0 Å². The van der Waals surface area contributed by atoms with Gasteiger partial charge in [-0.15, -0.1) is 5.10 Å². The fraction of sp³-hybridized carbons (Fsp3) is 0.250. The standard InChI is InChI=1S/C16H17ClN6O/c1-11-7-12(2)23(20-11)9-15(24)19-16-18-10-22(21-16)8-13-5-3-4-6-14(13)17/h3-7,10H,8-9H2,1-2H3,(H,19,21,24). The molecule has 0 saturated carbocycles. The van der Waals surface area contributed by atoms with Gasteiger partial charge in [-0.25, -0.2) is 9.67 Å². The lowest BCUT2D eigenvalue weighted by Crippen LogP contribution is -2.21. The van der Waals surface area contributed by atoms with Crippen molar-refractivity contribution in [3.63, 3.8) is 0 Å². The van der Waals surface area contributed by atoms with Gasteiger partial charge in [0.15, 0.2) is 0 Å². The number of carbonyl (C=O) groups excluding carboxylic acids is 1. The van der Waals surface area contributed by atoms with Crippen molar-refractivity contribution in [1.29, 1.82) is 0 Å². The largest absolute Gasteiger partial charge is 0.292 e. The number of rotatable bonds is 5. The molecule has 0 atom stereocenters. The predicted octanol–water partition coefficient (Wildman–Crippen LogP) is 2.43. The van der Waals surface area contributed by atoms with E-state index < -0.39 is 0 Å². The van der Waals surface area contributed by atoms with Gasteiger partial charge in [-0.1, -0.05) is 29.8 Å². The number of carbonyl (C=O) groups is 1. The number of hydrogen-bond donors (Lipinski definition) is 1. The molecule has 8 heteroatoms. The summed E-state index contributed by atoms with van der Waals surface area (Å²) in [7, 11) is 0. The van der Waals surface area contributed by atoms with Crippen molar-refractivity contribution in [3.05, 3.63) is 58.6 Å². The molecule has 0 aliphatic carbocycles. The molecule has 0 saturated heterocycles. The third-order valence-corrected chi connectivity index (χ3v) is 3.84. The van der Waals surface area contributed by atoms with E-state index in [0.717, 1.165) is 17.0 Å². The summed E-state index contributed by atoms with van der Waals surface area (Å²) in [5, 5.41) is 11.8. The van der Waals surface area contributed by atoms with Crippen molar-refractivity contribution >= 4 is 23.5 Å². The minimum atomic E-state index is -0.225. The lowest BCUT2D eigenvalue weighted by Gasteiger charge is -2.04. The number of nitrogens with one attached hydrogen (secondary N) is 1. The summed E-state index contributed by atoms with van der Waals surface area (Å²) in [6.07, 6.45) is 1.56. The Labute approximate surface area is 144 Å².